The van der Waals surface area contributed by atoms with Gasteiger partial charge in [-0.1, -0.05) is 19.8 Å². The Morgan fingerprint density at radius 1 is 1.14 bits per heavy atom. The molecule has 0 aromatic heterocycles. The molecule has 0 saturated carbocycles. The molecule has 1 atom stereocenters. The second kappa shape index (κ2) is 11.5. The summed E-state index contributed by atoms with van der Waals surface area (Å²) in [5.41, 5.74) is 5.62. The van der Waals surface area contributed by atoms with Gasteiger partial charge in [-0.15, -0.1) is 0 Å². The van der Waals surface area contributed by atoms with Crippen LogP contribution in [0.4, 0.5) is 0 Å². The Labute approximate surface area is 129 Å². The molecule has 0 rings (SSSR count). The highest BCUT2D eigenvalue weighted by molar-refractivity contribution is 5.84. The van der Waals surface area contributed by atoms with Crippen LogP contribution in [-0.2, 0) is 9.59 Å². The van der Waals surface area contributed by atoms with Crippen LogP contribution in [-0.4, -0.2) is 42.4 Å². The second-order valence-corrected chi connectivity index (χ2v) is 5.90. The molecular weight excluding hydrogens is 266 g/mol. The Hall–Kier alpha value is -1.10. The van der Waals surface area contributed by atoms with Crippen molar-refractivity contribution < 1.29 is 9.59 Å². The van der Waals surface area contributed by atoms with E-state index in [1.54, 1.807) is 4.90 Å². The van der Waals surface area contributed by atoms with Crippen molar-refractivity contribution in [2.45, 2.75) is 65.8 Å². The van der Waals surface area contributed by atoms with Crippen LogP contribution in [0.15, 0.2) is 0 Å². The predicted octanol–water partition coefficient (Wildman–Crippen LogP) is 1.90. The van der Waals surface area contributed by atoms with Crippen molar-refractivity contribution in [2.75, 3.05) is 19.6 Å². The summed E-state index contributed by atoms with van der Waals surface area (Å²) in [5.74, 6) is 0.494. The molecule has 3 N–H and O–H groups in total. The number of carbonyl (C=O) groups is 2. The minimum Gasteiger partial charge on any atom is -0.352 e. The van der Waals surface area contributed by atoms with Crippen molar-refractivity contribution in [3.63, 3.8) is 0 Å². The van der Waals surface area contributed by atoms with Crippen LogP contribution in [0.5, 0.6) is 0 Å². The Bertz CT molecular complexity index is 300. The van der Waals surface area contributed by atoms with Gasteiger partial charge in [0.25, 0.3) is 0 Å². The molecule has 5 heteroatoms. The van der Waals surface area contributed by atoms with Crippen LogP contribution in [0.25, 0.3) is 0 Å². The average Bonchev–Trinajstić information content (AvgIpc) is 2.41. The monoisotopic (exact) mass is 299 g/mol. The first-order chi connectivity index (χ1) is 9.94. The Morgan fingerprint density at radius 3 is 2.29 bits per heavy atom. The van der Waals surface area contributed by atoms with E-state index in [1.807, 2.05) is 20.8 Å². The topological polar surface area (TPSA) is 75.4 Å². The highest BCUT2D eigenvalue weighted by Crippen LogP contribution is 2.17. The lowest BCUT2D eigenvalue weighted by molar-refractivity contribution is -0.136. The summed E-state index contributed by atoms with van der Waals surface area (Å²) < 4.78 is 0. The van der Waals surface area contributed by atoms with Crippen LogP contribution < -0.4 is 11.1 Å². The molecule has 0 spiro atoms. The molecule has 0 saturated heterocycles. The number of rotatable bonds is 11. The smallest absolute Gasteiger partial charge is 0.239 e. The van der Waals surface area contributed by atoms with Crippen LogP contribution in [0.2, 0.25) is 0 Å². The first kappa shape index (κ1) is 19.9. The Balaban J connectivity index is 4.28. The molecule has 1 unspecified atom stereocenters. The molecule has 0 aromatic rings. The highest BCUT2D eigenvalue weighted by atomic mass is 16.2. The number of carbonyl (C=O) groups excluding carboxylic acids is 2. The third kappa shape index (κ3) is 9.45. The van der Waals surface area contributed by atoms with Gasteiger partial charge in [0.05, 0.1) is 6.54 Å². The van der Waals surface area contributed by atoms with Crippen molar-refractivity contribution in [3.05, 3.63) is 0 Å². The van der Waals surface area contributed by atoms with Crippen LogP contribution in [0.3, 0.4) is 0 Å². The molecule has 124 valence electrons. The van der Waals surface area contributed by atoms with Crippen molar-refractivity contribution in [2.24, 2.45) is 11.7 Å². The van der Waals surface area contributed by atoms with Gasteiger partial charge in [0.15, 0.2) is 0 Å². The minimum absolute atomic E-state index is 0.0644. The maximum absolute atomic E-state index is 12.2. The van der Waals surface area contributed by atoms with Crippen molar-refractivity contribution >= 4 is 11.8 Å². The van der Waals surface area contributed by atoms with E-state index in [2.05, 4.69) is 12.2 Å². The third-order valence-electron chi connectivity index (χ3n) is 3.56. The molecule has 0 radical (unpaired) electrons. The lowest BCUT2D eigenvalue weighted by atomic mass is 9.94. The quantitative estimate of drug-likeness (QED) is 0.612. The van der Waals surface area contributed by atoms with Gasteiger partial charge in [-0.25, -0.2) is 0 Å². The summed E-state index contributed by atoms with van der Waals surface area (Å²) in [6, 6.07) is 0.102. The third-order valence-corrected chi connectivity index (χ3v) is 3.56. The molecule has 5 nitrogen and oxygen atoms in total. The average molecular weight is 299 g/mol. The maximum Gasteiger partial charge on any atom is 0.239 e. The summed E-state index contributed by atoms with van der Waals surface area (Å²) in [7, 11) is 0. The van der Waals surface area contributed by atoms with E-state index in [9.17, 15) is 9.59 Å². The predicted molar refractivity (Wildman–Crippen MR) is 86.8 cm³/mol. The number of nitrogens with two attached hydrogens (primary N) is 1. The molecule has 0 aliphatic rings. The van der Waals surface area contributed by atoms with Gasteiger partial charge in [0, 0.05) is 19.0 Å². The molecule has 0 heterocycles. The SMILES string of the molecule is CCCC(CCN)CCC(=O)N(CC)CC(=O)NC(C)C. The van der Waals surface area contributed by atoms with Gasteiger partial charge in [-0.05, 0) is 46.1 Å². The summed E-state index contributed by atoms with van der Waals surface area (Å²) in [6.45, 7) is 9.29. The van der Waals surface area contributed by atoms with Gasteiger partial charge in [0.2, 0.25) is 11.8 Å². The first-order valence-corrected chi connectivity index (χ1v) is 8.21. The van der Waals surface area contributed by atoms with Gasteiger partial charge >= 0.3 is 0 Å². The van der Waals surface area contributed by atoms with Crippen LogP contribution in [0, 0.1) is 5.92 Å². The van der Waals surface area contributed by atoms with Crippen molar-refractivity contribution in [1.82, 2.24) is 10.2 Å². The summed E-state index contributed by atoms with van der Waals surface area (Å²) in [4.78, 5) is 25.6. The zero-order chi connectivity index (χ0) is 16.3. The molecular formula is C16H33N3O2. The molecule has 0 aliphatic heterocycles. The summed E-state index contributed by atoms with van der Waals surface area (Å²) in [6.07, 6.45) is 4.58. The van der Waals surface area contributed by atoms with Gasteiger partial charge in [-0.3, -0.25) is 9.59 Å². The molecule has 0 bridgehead atoms. The zero-order valence-corrected chi connectivity index (χ0v) is 14.2. The number of nitrogens with zero attached hydrogens (tertiary/aromatic N) is 1. The zero-order valence-electron chi connectivity index (χ0n) is 14.2. The van der Waals surface area contributed by atoms with Crippen LogP contribution >= 0.6 is 0 Å². The largest absolute Gasteiger partial charge is 0.352 e. The summed E-state index contributed by atoms with van der Waals surface area (Å²) in [5, 5.41) is 2.82. The maximum atomic E-state index is 12.2. The minimum atomic E-state index is -0.0905. The Morgan fingerprint density at radius 2 is 1.81 bits per heavy atom. The first-order valence-electron chi connectivity index (χ1n) is 8.21. The fourth-order valence-electron chi connectivity index (χ4n) is 2.48. The lowest BCUT2D eigenvalue weighted by Crippen LogP contribution is -2.42. The second-order valence-electron chi connectivity index (χ2n) is 5.90. The van der Waals surface area contributed by atoms with E-state index in [-0.39, 0.29) is 24.4 Å². The molecule has 0 fully saturated rings. The Kier molecular flexibility index (Phi) is 10.9. The highest BCUT2D eigenvalue weighted by Gasteiger charge is 2.17. The lowest BCUT2D eigenvalue weighted by Gasteiger charge is -2.22. The van der Waals surface area contributed by atoms with E-state index >= 15 is 0 Å². The molecule has 0 aliphatic carbocycles. The summed E-state index contributed by atoms with van der Waals surface area (Å²) >= 11 is 0. The van der Waals surface area contributed by atoms with E-state index < -0.39 is 0 Å². The normalized spacial score (nSPS) is 12.3. The van der Waals surface area contributed by atoms with Gasteiger partial charge < -0.3 is 16.0 Å². The molecule has 21 heavy (non-hydrogen) atoms. The number of likely N-dealkylation sites (N-methyl/N-ethyl adjacent to an activating group) is 1. The van der Waals surface area contributed by atoms with Crippen LogP contribution in [0.1, 0.15) is 59.8 Å². The van der Waals surface area contributed by atoms with Crippen molar-refractivity contribution in [3.8, 4) is 0 Å². The van der Waals surface area contributed by atoms with Crippen molar-refractivity contribution in [1.29, 1.82) is 0 Å². The van der Waals surface area contributed by atoms with E-state index in [0.717, 1.165) is 25.7 Å². The number of hydrogen-bond acceptors (Lipinski definition) is 3. The fraction of sp³-hybridized carbons (Fsp3) is 0.875. The molecule has 0 aromatic carbocycles. The standard InChI is InChI=1S/C16H33N3O2/c1-5-7-14(10-11-17)8-9-16(21)19(6-2)12-15(20)18-13(3)4/h13-14H,5-12,17H2,1-4H3,(H,18,20). The van der Waals surface area contributed by atoms with Gasteiger partial charge in [-0.2, -0.15) is 0 Å². The van der Waals surface area contributed by atoms with E-state index in [4.69, 9.17) is 5.73 Å². The number of hydrogen-bond donors (Lipinski definition) is 2. The number of amides is 2. The molecule has 2 amide bonds. The van der Waals surface area contributed by atoms with Gasteiger partial charge in [0.1, 0.15) is 0 Å². The fourth-order valence-corrected chi connectivity index (χ4v) is 2.48. The van der Waals surface area contributed by atoms with E-state index in [0.29, 0.717) is 25.4 Å². The van der Waals surface area contributed by atoms with E-state index in [1.165, 1.54) is 0 Å². The number of nitrogens with one attached hydrogen (secondary N) is 1.